The van der Waals surface area contributed by atoms with Gasteiger partial charge in [-0.1, -0.05) is 6.07 Å². The van der Waals surface area contributed by atoms with Crippen molar-refractivity contribution in [3.8, 4) is 5.75 Å². The molecule has 0 aliphatic carbocycles. The molecule has 0 aromatic heterocycles. The Balaban J connectivity index is 3.34. The van der Waals surface area contributed by atoms with Crippen molar-refractivity contribution in [3.05, 3.63) is 22.8 Å². The highest BCUT2D eigenvalue weighted by Gasteiger charge is 2.24. The molecule has 0 bridgehead atoms. The standard InChI is InChI=1S/C14H22N2O3/c1-8-6-9(2)12(13(19-5)10(8)3)16(4)14(18)11(17)7-15/h6,11,17H,7,15H2,1-5H3. The lowest BCUT2D eigenvalue weighted by molar-refractivity contribution is -0.125. The van der Waals surface area contributed by atoms with Crippen LogP contribution in [0.1, 0.15) is 16.7 Å². The average Bonchev–Trinajstić information content (AvgIpc) is 2.39. The number of hydrogen-bond acceptors (Lipinski definition) is 4. The Morgan fingerprint density at radius 2 is 2.00 bits per heavy atom. The first kappa shape index (κ1) is 15.5. The van der Waals surface area contributed by atoms with E-state index >= 15 is 0 Å². The maximum Gasteiger partial charge on any atom is 0.256 e. The van der Waals surface area contributed by atoms with E-state index in [4.69, 9.17) is 10.5 Å². The number of nitrogens with two attached hydrogens (primary N) is 1. The van der Waals surface area contributed by atoms with Gasteiger partial charge in [0.05, 0.1) is 12.8 Å². The van der Waals surface area contributed by atoms with E-state index in [-0.39, 0.29) is 6.54 Å². The molecule has 3 N–H and O–H groups in total. The fourth-order valence-electron chi connectivity index (χ4n) is 2.14. The summed E-state index contributed by atoms with van der Waals surface area (Å²) in [6.45, 7) is 5.73. The summed E-state index contributed by atoms with van der Waals surface area (Å²) in [6, 6.07) is 1.99. The molecular weight excluding hydrogens is 244 g/mol. The molecule has 0 aliphatic rings. The minimum absolute atomic E-state index is 0.102. The molecule has 0 radical (unpaired) electrons. The Morgan fingerprint density at radius 1 is 1.42 bits per heavy atom. The van der Waals surface area contributed by atoms with E-state index in [1.54, 1.807) is 14.2 Å². The fraction of sp³-hybridized carbons (Fsp3) is 0.500. The maximum atomic E-state index is 12.0. The average molecular weight is 266 g/mol. The van der Waals surface area contributed by atoms with E-state index in [2.05, 4.69) is 0 Å². The number of aliphatic hydroxyl groups excluding tert-OH is 1. The van der Waals surface area contributed by atoms with E-state index in [9.17, 15) is 9.90 Å². The Bertz CT molecular complexity index is 486. The number of aliphatic hydroxyl groups is 1. The van der Waals surface area contributed by atoms with Crippen LogP contribution < -0.4 is 15.4 Å². The van der Waals surface area contributed by atoms with Gasteiger partial charge in [0.2, 0.25) is 0 Å². The number of carbonyl (C=O) groups is 1. The Labute approximate surface area is 114 Å². The number of rotatable bonds is 4. The van der Waals surface area contributed by atoms with E-state index < -0.39 is 12.0 Å². The van der Waals surface area contributed by atoms with Gasteiger partial charge < -0.3 is 20.5 Å². The third-order valence-electron chi connectivity index (χ3n) is 3.33. The van der Waals surface area contributed by atoms with Crippen LogP contribution in [0.5, 0.6) is 5.75 Å². The van der Waals surface area contributed by atoms with Crippen molar-refractivity contribution >= 4 is 11.6 Å². The summed E-state index contributed by atoms with van der Waals surface area (Å²) < 4.78 is 5.42. The normalized spacial score (nSPS) is 12.2. The number of amides is 1. The Morgan fingerprint density at radius 3 is 2.47 bits per heavy atom. The molecule has 1 aromatic carbocycles. The second-order valence-electron chi connectivity index (χ2n) is 4.67. The highest BCUT2D eigenvalue weighted by Crippen LogP contribution is 2.36. The predicted octanol–water partition coefficient (Wildman–Crippen LogP) is 0.903. The number of carbonyl (C=O) groups excluding carboxylic acids is 1. The third-order valence-corrected chi connectivity index (χ3v) is 3.33. The molecule has 5 heteroatoms. The molecule has 5 nitrogen and oxygen atoms in total. The third kappa shape index (κ3) is 2.88. The Kier molecular flexibility index (Phi) is 4.91. The molecule has 1 unspecified atom stereocenters. The highest BCUT2D eigenvalue weighted by molar-refractivity contribution is 5.98. The van der Waals surface area contributed by atoms with E-state index in [1.807, 2.05) is 26.8 Å². The predicted molar refractivity (Wildman–Crippen MR) is 75.7 cm³/mol. The molecule has 0 aliphatic heterocycles. The van der Waals surface area contributed by atoms with Crippen molar-refractivity contribution in [1.29, 1.82) is 0 Å². The van der Waals surface area contributed by atoms with Crippen molar-refractivity contribution in [3.63, 3.8) is 0 Å². The molecule has 0 saturated heterocycles. The molecule has 1 atom stereocenters. The molecule has 106 valence electrons. The van der Waals surface area contributed by atoms with Crippen molar-refractivity contribution in [2.24, 2.45) is 5.73 Å². The van der Waals surface area contributed by atoms with Gasteiger partial charge >= 0.3 is 0 Å². The monoisotopic (exact) mass is 266 g/mol. The minimum Gasteiger partial charge on any atom is -0.494 e. The minimum atomic E-state index is -1.20. The van der Waals surface area contributed by atoms with Crippen LogP contribution in [-0.2, 0) is 4.79 Å². The summed E-state index contributed by atoms with van der Waals surface area (Å²) in [5.41, 5.74) is 8.98. The molecule has 19 heavy (non-hydrogen) atoms. The topological polar surface area (TPSA) is 75.8 Å². The smallest absolute Gasteiger partial charge is 0.256 e. The summed E-state index contributed by atoms with van der Waals surface area (Å²) in [6.07, 6.45) is -1.20. The first-order valence-corrected chi connectivity index (χ1v) is 6.15. The largest absolute Gasteiger partial charge is 0.494 e. The molecule has 0 spiro atoms. The van der Waals surface area contributed by atoms with E-state index in [0.717, 1.165) is 16.7 Å². The lowest BCUT2D eigenvalue weighted by Crippen LogP contribution is -2.41. The zero-order chi connectivity index (χ0) is 14.7. The van der Waals surface area contributed by atoms with Gasteiger partial charge in [0.1, 0.15) is 11.9 Å². The molecule has 0 fully saturated rings. The second-order valence-corrected chi connectivity index (χ2v) is 4.67. The Hall–Kier alpha value is -1.59. The quantitative estimate of drug-likeness (QED) is 0.849. The van der Waals surface area contributed by atoms with Crippen LogP contribution in [0.25, 0.3) is 0 Å². The summed E-state index contributed by atoms with van der Waals surface area (Å²) in [7, 11) is 3.18. The highest BCUT2D eigenvalue weighted by atomic mass is 16.5. The second kappa shape index (κ2) is 6.04. The first-order valence-electron chi connectivity index (χ1n) is 6.15. The van der Waals surface area contributed by atoms with Gasteiger partial charge in [-0.25, -0.2) is 0 Å². The maximum absolute atomic E-state index is 12.0. The van der Waals surface area contributed by atoms with Crippen molar-refractivity contribution in [1.82, 2.24) is 0 Å². The van der Waals surface area contributed by atoms with Crippen LogP contribution in [0.2, 0.25) is 0 Å². The van der Waals surface area contributed by atoms with Crippen LogP contribution in [0.4, 0.5) is 5.69 Å². The number of hydrogen-bond donors (Lipinski definition) is 2. The first-order chi connectivity index (χ1) is 8.84. The van der Waals surface area contributed by atoms with Crippen molar-refractivity contribution < 1.29 is 14.6 Å². The van der Waals surface area contributed by atoms with Crippen molar-refractivity contribution in [2.75, 3.05) is 25.6 Å². The zero-order valence-electron chi connectivity index (χ0n) is 12.2. The van der Waals surface area contributed by atoms with Gasteiger partial charge in [0, 0.05) is 13.6 Å². The van der Waals surface area contributed by atoms with Crippen LogP contribution >= 0.6 is 0 Å². The lowest BCUT2D eigenvalue weighted by Gasteiger charge is -2.25. The summed E-state index contributed by atoms with van der Waals surface area (Å²) in [4.78, 5) is 13.4. The van der Waals surface area contributed by atoms with Crippen molar-refractivity contribution in [2.45, 2.75) is 26.9 Å². The number of methoxy groups -OCH3 is 1. The summed E-state index contributed by atoms with van der Waals surface area (Å²) in [5.74, 6) is 0.213. The van der Waals surface area contributed by atoms with Gasteiger partial charge in [0.15, 0.2) is 0 Å². The van der Waals surface area contributed by atoms with Crippen LogP contribution in [0.3, 0.4) is 0 Å². The van der Waals surface area contributed by atoms with Gasteiger partial charge in [0.25, 0.3) is 5.91 Å². The number of benzene rings is 1. The SMILES string of the molecule is COc1c(C)c(C)cc(C)c1N(C)C(=O)C(O)CN. The van der Waals surface area contributed by atoms with Gasteiger partial charge in [-0.3, -0.25) is 4.79 Å². The lowest BCUT2D eigenvalue weighted by atomic mass is 10.0. The fourth-order valence-corrected chi connectivity index (χ4v) is 2.14. The van der Waals surface area contributed by atoms with E-state index in [0.29, 0.717) is 11.4 Å². The van der Waals surface area contributed by atoms with Gasteiger partial charge in [-0.05, 0) is 37.5 Å². The summed E-state index contributed by atoms with van der Waals surface area (Å²) >= 11 is 0. The molecule has 0 saturated carbocycles. The van der Waals surface area contributed by atoms with Crippen LogP contribution in [-0.4, -0.2) is 37.8 Å². The van der Waals surface area contributed by atoms with Crippen LogP contribution in [0.15, 0.2) is 6.07 Å². The molecular formula is C14H22N2O3. The molecule has 1 aromatic rings. The number of anilines is 1. The van der Waals surface area contributed by atoms with Crippen LogP contribution in [0, 0.1) is 20.8 Å². The molecule has 0 heterocycles. The molecule has 1 rings (SSSR count). The van der Waals surface area contributed by atoms with E-state index in [1.165, 1.54) is 4.90 Å². The number of nitrogens with zero attached hydrogens (tertiary/aromatic N) is 1. The summed E-state index contributed by atoms with van der Waals surface area (Å²) in [5, 5.41) is 9.58. The van der Waals surface area contributed by atoms with Gasteiger partial charge in [-0.2, -0.15) is 0 Å². The number of likely N-dealkylation sites (N-methyl/N-ethyl adjacent to an activating group) is 1. The zero-order valence-corrected chi connectivity index (χ0v) is 12.2. The molecule has 1 amide bonds. The number of aryl methyl sites for hydroxylation is 2. The van der Waals surface area contributed by atoms with Gasteiger partial charge in [-0.15, -0.1) is 0 Å². The number of ether oxygens (including phenoxy) is 1.